The average Bonchev–Trinajstić information content (AvgIpc) is 0.768. The fourth-order valence-corrected chi connectivity index (χ4v) is 12.1. The summed E-state index contributed by atoms with van der Waals surface area (Å²) in [5, 5.41) is 25.3. The highest BCUT2D eigenvalue weighted by Gasteiger charge is 2.56. The molecule has 13 unspecified atom stereocenters. The number of aliphatic hydroxyl groups excluding tert-OH is 2. The van der Waals surface area contributed by atoms with Gasteiger partial charge in [0.2, 0.25) is 0 Å². The topological polar surface area (TPSA) is 340 Å². The van der Waals surface area contributed by atoms with Crippen LogP contribution in [0.15, 0.2) is 255 Å². The standard InChI is InChI=1S/C88H90O26/c1-4-5-6-7-8-9-10-35-54-101-86(99)75(106-59(3)90)72(114-88-77(113-85(98)67-50-33-18-34-51-67)74(111-83(96)65-46-29-16-30-47-65)73(110-82(95)64-44-27-15-28-45-64)70(108-88)57-104-79(92)61-38-21-12-22-39-61)68(105-58(2)89)52-56-103-87(100)76(112-84(97)66-48-31-17-32-49-66)71(109-81(94)63-42-25-14-26-43-63)69(107-80(93)62-40-23-13-24-41-62)53-55-102-78(91)60-36-19-11-20-37-60/h4,11-34,36-51,68-77,86-88,99-100H,1,5-10,35,52-57H2,2-3H3. The molecule has 0 aromatic heterocycles. The van der Waals surface area contributed by atoms with Gasteiger partial charge in [-0.05, 0) is 116 Å². The molecule has 2 N–H and O–H groups in total. The van der Waals surface area contributed by atoms with Gasteiger partial charge in [-0.2, -0.15) is 0 Å². The Morgan fingerprint density at radius 3 is 1.11 bits per heavy atom. The molecule has 13 atom stereocenters. The molecule has 0 saturated carbocycles. The molecule has 114 heavy (non-hydrogen) atoms. The van der Waals surface area contributed by atoms with Gasteiger partial charge in [-0.15, -0.1) is 6.58 Å². The van der Waals surface area contributed by atoms with Crippen LogP contribution >= 0.6 is 0 Å². The Labute approximate surface area is 659 Å². The zero-order valence-electron chi connectivity index (χ0n) is 62.8. The summed E-state index contributed by atoms with van der Waals surface area (Å²) in [5.41, 5.74) is -0.184. The van der Waals surface area contributed by atoms with Gasteiger partial charge in [0.1, 0.15) is 31.0 Å². The van der Waals surface area contributed by atoms with Crippen LogP contribution in [0.1, 0.15) is 154 Å². The number of unbranched alkanes of at least 4 members (excludes halogenated alkanes) is 6. The van der Waals surface area contributed by atoms with E-state index in [-0.39, 0.29) is 51.1 Å². The van der Waals surface area contributed by atoms with E-state index < -0.39 is 172 Å². The third kappa shape index (κ3) is 26.6. The Morgan fingerprint density at radius 1 is 0.351 bits per heavy atom. The lowest BCUT2D eigenvalue weighted by molar-refractivity contribution is -0.331. The number of aliphatic hydroxyl groups is 2. The number of carbonyl (C=O) groups excluding carboxylic acids is 10. The van der Waals surface area contributed by atoms with Crippen LogP contribution in [0.3, 0.4) is 0 Å². The normalized spacial score (nSPS) is 17.1. The minimum absolute atomic E-state index is 0.00995. The molecular weight excluding hydrogens is 1470 g/mol. The van der Waals surface area contributed by atoms with Crippen LogP contribution in [0, 0.1) is 0 Å². The fourth-order valence-electron chi connectivity index (χ4n) is 12.1. The molecule has 0 amide bonds. The molecule has 1 heterocycles. The van der Waals surface area contributed by atoms with E-state index in [1.165, 1.54) is 146 Å². The van der Waals surface area contributed by atoms with Gasteiger partial charge in [-0.1, -0.05) is 177 Å². The molecule has 9 rings (SSSR count). The van der Waals surface area contributed by atoms with Crippen molar-refractivity contribution in [2.24, 2.45) is 0 Å². The quantitative estimate of drug-likeness (QED) is 0.0118. The van der Waals surface area contributed by atoms with Gasteiger partial charge in [-0.25, -0.2) is 38.4 Å². The lowest BCUT2D eigenvalue weighted by Crippen LogP contribution is -2.65. The second-order valence-electron chi connectivity index (χ2n) is 26.1. The first kappa shape index (κ1) is 86.0. The van der Waals surface area contributed by atoms with Crippen molar-refractivity contribution in [3.63, 3.8) is 0 Å². The van der Waals surface area contributed by atoms with Gasteiger partial charge in [0.15, 0.2) is 55.5 Å². The second-order valence-corrected chi connectivity index (χ2v) is 26.1. The van der Waals surface area contributed by atoms with Crippen molar-refractivity contribution in [1.82, 2.24) is 0 Å². The van der Waals surface area contributed by atoms with Crippen LogP contribution in [0.2, 0.25) is 0 Å². The number of hydrogen-bond acceptors (Lipinski definition) is 26. The average molecular weight is 1560 g/mol. The highest BCUT2D eigenvalue weighted by molar-refractivity contribution is 5.93. The molecule has 0 aliphatic carbocycles. The molecular formula is C88H90O26. The zero-order valence-corrected chi connectivity index (χ0v) is 62.8. The van der Waals surface area contributed by atoms with Crippen LogP contribution in [0.4, 0.5) is 0 Å². The van der Waals surface area contributed by atoms with Gasteiger partial charge in [-0.3, -0.25) is 9.59 Å². The SMILES string of the molecule is C=CCCCCCCCCOC(O)C(OC(C)=O)C(OC1OC(COC(=O)c2ccccc2)C(OC(=O)c2ccccc2)C(OC(=O)c2ccccc2)C1OC(=O)c1ccccc1)C(CCOC(O)C(OC(=O)c1ccccc1)C(OC(=O)c1ccccc1)C(CCOC(=O)c1ccccc1)OC(=O)c1ccccc1)OC(C)=O. The first-order valence-electron chi connectivity index (χ1n) is 37.2. The molecule has 8 aromatic carbocycles. The molecule has 0 radical (unpaired) electrons. The smallest absolute Gasteiger partial charge is 0.338 e. The molecule has 1 saturated heterocycles. The predicted molar refractivity (Wildman–Crippen MR) is 408 cm³/mol. The van der Waals surface area contributed by atoms with Crippen LogP contribution in [0.5, 0.6) is 0 Å². The van der Waals surface area contributed by atoms with E-state index in [0.29, 0.717) is 12.8 Å². The van der Waals surface area contributed by atoms with Crippen molar-refractivity contribution in [1.29, 1.82) is 0 Å². The van der Waals surface area contributed by atoms with Gasteiger partial charge < -0.3 is 76.5 Å². The minimum atomic E-state index is -2.49. The molecule has 1 fully saturated rings. The summed E-state index contributed by atoms with van der Waals surface area (Å²) in [6, 6.07) is 60.4. The maximum absolute atomic E-state index is 14.9. The number of ether oxygens (including phenoxy) is 14. The Bertz CT molecular complexity index is 4350. The Kier molecular flexibility index (Phi) is 34.3. The molecule has 26 nitrogen and oxygen atoms in total. The van der Waals surface area contributed by atoms with Crippen LogP contribution in [-0.2, 0) is 75.9 Å². The molecule has 0 bridgehead atoms. The van der Waals surface area contributed by atoms with E-state index in [1.807, 2.05) is 6.08 Å². The van der Waals surface area contributed by atoms with E-state index in [9.17, 15) is 58.2 Å². The molecule has 8 aromatic rings. The highest BCUT2D eigenvalue weighted by Crippen LogP contribution is 2.36. The first-order chi connectivity index (χ1) is 55.3. The van der Waals surface area contributed by atoms with Gasteiger partial charge in [0.25, 0.3) is 0 Å². The van der Waals surface area contributed by atoms with Gasteiger partial charge in [0, 0.05) is 33.3 Å². The molecule has 598 valence electrons. The third-order valence-electron chi connectivity index (χ3n) is 17.8. The number of benzene rings is 8. The summed E-state index contributed by atoms with van der Waals surface area (Å²) < 4.78 is 87.1. The summed E-state index contributed by atoms with van der Waals surface area (Å²) >= 11 is 0. The van der Waals surface area contributed by atoms with E-state index in [4.69, 9.17) is 66.3 Å². The fraction of sp³-hybridized carbons (Fsp3) is 0.318. The minimum Gasteiger partial charge on any atom is -0.462 e. The Balaban J connectivity index is 1.16. The van der Waals surface area contributed by atoms with E-state index >= 15 is 0 Å². The number of carbonyl (C=O) groups is 10. The highest BCUT2D eigenvalue weighted by atomic mass is 16.8. The lowest BCUT2D eigenvalue weighted by atomic mass is 9.97. The third-order valence-corrected chi connectivity index (χ3v) is 17.8. The molecule has 0 spiro atoms. The Morgan fingerprint density at radius 2 is 0.684 bits per heavy atom. The van der Waals surface area contributed by atoms with Crippen LogP contribution < -0.4 is 0 Å². The van der Waals surface area contributed by atoms with Crippen molar-refractivity contribution in [2.45, 2.75) is 152 Å². The maximum atomic E-state index is 14.9. The summed E-state index contributed by atoms with van der Waals surface area (Å²) in [7, 11) is 0. The molecule has 1 aliphatic rings. The van der Waals surface area contributed by atoms with Crippen molar-refractivity contribution in [3.8, 4) is 0 Å². The summed E-state index contributed by atoms with van der Waals surface area (Å²) in [6.07, 6.45) is -21.6. The number of rotatable bonds is 43. The summed E-state index contributed by atoms with van der Waals surface area (Å²) in [5.74, 6) is -10.4. The predicted octanol–water partition coefficient (Wildman–Crippen LogP) is 12.4. The summed E-state index contributed by atoms with van der Waals surface area (Å²) in [4.78, 5) is 143. The molecule has 26 heteroatoms. The van der Waals surface area contributed by atoms with Crippen molar-refractivity contribution < 1.29 is 124 Å². The van der Waals surface area contributed by atoms with Crippen LogP contribution in [-0.4, -0.2) is 176 Å². The zero-order chi connectivity index (χ0) is 81.0. The van der Waals surface area contributed by atoms with Gasteiger partial charge >= 0.3 is 59.7 Å². The maximum Gasteiger partial charge on any atom is 0.338 e. The monoisotopic (exact) mass is 1560 g/mol. The van der Waals surface area contributed by atoms with Crippen LogP contribution in [0.25, 0.3) is 0 Å². The van der Waals surface area contributed by atoms with Crippen molar-refractivity contribution >= 4 is 59.7 Å². The van der Waals surface area contributed by atoms with E-state index in [0.717, 1.165) is 46.0 Å². The number of allylic oxidation sites excluding steroid dienone is 1. The Hall–Kier alpha value is -12.0. The second kappa shape index (κ2) is 45.5. The molecule has 1 aliphatic heterocycles. The van der Waals surface area contributed by atoms with E-state index in [2.05, 4.69) is 6.58 Å². The van der Waals surface area contributed by atoms with Crippen molar-refractivity contribution in [2.75, 3.05) is 26.4 Å². The lowest BCUT2D eigenvalue weighted by Gasteiger charge is -2.46. The number of hydrogen-bond donors (Lipinski definition) is 2. The first-order valence-corrected chi connectivity index (χ1v) is 37.2. The summed E-state index contributed by atoms with van der Waals surface area (Å²) in [6.45, 7) is 3.28. The number of esters is 10. The van der Waals surface area contributed by atoms with Crippen molar-refractivity contribution in [3.05, 3.63) is 300 Å². The largest absolute Gasteiger partial charge is 0.462 e. The van der Waals surface area contributed by atoms with E-state index in [1.54, 1.807) is 97.1 Å². The van der Waals surface area contributed by atoms with Gasteiger partial charge in [0.05, 0.1) is 57.7 Å².